The smallest absolute Gasteiger partial charge is 0.127 e. The van der Waals surface area contributed by atoms with E-state index in [1.807, 2.05) is 6.92 Å². The lowest BCUT2D eigenvalue weighted by molar-refractivity contribution is 0.526. The molecule has 0 saturated carbocycles. The topological polar surface area (TPSA) is 0 Å². The molecule has 10 heavy (non-hydrogen) atoms. The first-order valence-electron chi connectivity index (χ1n) is 3.08. The van der Waals surface area contributed by atoms with Crippen LogP contribution in [0.2, 0.25) is 0 Å². The van der Waals surface area contributed by atoms with Crippen molar-refractivity contribution in [3.63, 3.8) is 0 Å². The van der Waals surface area contributed by atoms with Gasteiger partial charge in [0.25, 0.3) is 0 Å². The summed E-state index contributed by atoms with van der Waals surface area (Å²) in [6, 6.07) is 0. The Bertz CT molecular complexity index is 86.2. The number of alkyl halides is 4. The van der Waals surface area contributed by atoms with Crippen LogP contribution in [0.15, 0.2) is 0 Å². The Hall–Kier alpha value is 1.16. The number of hydrogen-bond donors (Lipinski definition) is 0. The van der Waals surface area contributed by atoms with Gasteiger partial charge in [0.05, 0.1) is 0 Å². The van der Waals surface area contributed by atoms with E-state index in [-0.39, 0.29) is 0 Å². The van der Waals surface area contributed by atoms with Crippen LogP contribution < -0.4 is 0 Å². The number of rotatable bonds is 3. The molecule has 0 spiro atoms. The quantitative estimate of drug-likeness (QED) is 0.635. The molecule has 0 saturated heterocycles. The summed E-state index contributed by atoms with van der Waals surface area (Å²) in [4.78, 5) is 0. The molecule has 0 aliphatic carbocycles. The largest absolute Gasteiger partial charge is 0.190 e. The first kappa shape index (κ1) is 11.2. The van der Waals surface area contributed by atoms with Crippen molar-refractivity contribution < 1.29 is 0 Å². The number of hydrogen-bond acceptors (Lipinski definition) is 0. The van der Waals surface area contributed by atoms with Crippen LogP contribution in [0.4, 0.5) is 0 Å². The molecule has 0 aliphatic heterocycles. The van der Waals surface area contributed by atoms with Gasteiger partial charge in [-0.2, -0.15) is 0 Å². The third kappa shape index (κ3) is 7.27. The fraction of sp³-hybridized carbons (Fsp3) is 1.00. The van der Waals surface area contributed by atoms with Gasteiger partial charge in [0.15, 0.2) is 3.79 Å². The van der Waals surface area contributed by atoms with Gasteiger partial charge in [0, 0.05) is 5.88 Å². The van der Waals surface area contributed by atoms with Crippen LogP contribution in [0, 0.1) is 5.92 Å². The summed E-state index contributed by atoms with van der Waals surface area (Å²) in [5.41, 5.74) is 0. The average Bonchev–Trinajstić information content (AvgIpc) is 1.59. The molecular formula is C6H10Cl4. The van der Waals surface area contributed by atoms with Gasteiger partial charge in [-0.15, -0.1) is 11.6 Å². The van der Waals surface area contributed by atoms with E-state index in [0.717, 1.165) is 6.42 Å². The molecule has 0 aliphatic rings. The SMILES string of the molecule is CC(CCCl)CC(Cl)(Cl)Cl. The molecule has 0 rings (SSSR count). The van der Waals surface area contributed by atoms with Crippen molar-refractivity contribution >= 4 is 46.4 Å². The molecule has 0 N–H and O–H groups in total. The third-order valence-electron chi connectivity index (χ3n) is 1.18. The van der Waals surface area contributed by atoms with E-state index < -0.39 is 3.79 Å². The number of halogens is 4. The van der Waals surface area contributed by atoms with E-state index >= 15 is 0 Å². The molecule has 1 unspecified atom stereocenters. The minimum absolute atomic E-state index is 0.380. The van der Waals surface area contributed by atoms with Crippen molar-refractivity contribution in [1.82, 2.24) is 0 Å². The summed E-state index contributed by atoms with van der Waals surface area (Å²) >= 11 is 22.2. The Kier molecular flexibility index (Phi) is 5.49. The summed E-state index contributed by atoms with van der Waals surface area (Å²) in [6.45, 7) is 2.02. The molecule has 0 fully saturated rings. The average molecular weight is 224 g/mol. The molecule has 0 amide bonds. The van der Waals surface area contributed by atoms with Crippen LogP contribution in [0.3, 0.4) is 0 Å². The summed E-state index contributed by atoms with van der Waals surface area (Å²) in [6.07, 6.45) is 1.47. The second-order valence-electron chi connectivity index (χ2n) is 2.40. The van der Waals surface area contributed by atoms with E-state index in [2.05, 4.69) is 0 Å². The fourth-order valence-electron chi connectivity index (χ4n) is 0.683. The highest BCUT2D eigenvalue weighted by molar-refractivity contribution is 6.67. The minimum Gasteiger partial charge on any atom is -0.127 e. The van der Waals surface area contributed by atoms with Gasteiger partial charge in [-0.3, -0.25) is 0 Å². The van der Waals surface area contributed by atoms with E-state index in [9.17, 15) is 0 Å². The van der Waals surface area contributed by atoms with Crippen LogP contribution in [-0.4, -0.2) is 9.67 Å². The summed E-state index contributed by atoms with van der Waals surface area (Å²) < 4.78 is -1.12. The summed E-state index contributed by atoms with van der Waals surface area (Å²) in [5.74, 6) is 1.01. The summed E-state index contributed by atoms with van der Waals surface area (Å²) in [5, 5.41) is 0. The molecule has 0 bridgehead atoms. The lowest BCUT2D eigenvalue weighted by atomic mass is 10.1. The molecule has 0 radical (unpaired) electrons. The Morgan fingerprint density at radius 1 is 1.30 bits per heavy atom. The normalized spacial score (nSPS) is 15.3. The third-order valence-corrected chi connectivity index (χ3v) is 1.86. The Balaban J connectivity index is 3.47. The molecule has 0 aromatic heterocycles. The van der Waals surface area contributed by atoms with Crippen LogP contribution in [0.25, 0.3) is 0 Å². The van der Waals surface area contributed by atoms with Crippen molar-refractivity contribution in [1.29, 1.82) is 0 Å². The monoisotopic (exact) mass is 222 g/mol. The molecule has 0 heterocycles. The maximum atomic E-state index is 5.55. The van der Waals surface area contributed by atoms with Gasteiger partial charge >= 0.3 is 0 Å². The molecule has 62 valence electrons. The van der Waals surface area contributed by atoms with Crippen molar-refractivity contribution in [2.24, 2.45) is 5.92 Å². The Labute approximate surface area is 81.8 Å². The van der Waals surface area contributed by atoms with Crippen LogP contribution in [-0.2, 0) is 0 Å². The highest BCUT2D eigenvalue weighted by Gasteiger charge is 2.22. The van der Waals surface area contributed by atoms with Gasteiger partial charge in [-0.05, 0) is 18.8 Å². The zero-order chi connectivity index (χ0) is 8.20. The van der Waals surface area contributed by atoms with Crippen LogP contribution >= 0.6 is 46.4 Å². The lowest BCUT2D eigenvalue weighted by Crippen LogP contribution is -2.09. The maximum Gasteiger partial charge on any atom is 0.190 e. The lowest BCUT2D eigenvalue weighted by Gasteiger charge is -2.15. The van der Waals surface area contributed by atoms with Gasteiger partial charge in [0.2, 0.25) is 0 Å². The van der Waals surface area contributed by atoms with Gasteiger partial charge < -0.3 is 0 Å². The predicted molar refractivity (Wildman–Crippen MR) is 49.4 cm³/mol. The zero-order valence-electron chi connectivity index (χ0n) is 5.71. The molecule has 1 atom stereocenters. The van der Waals surface area contributed by atoms with Crippen LogP contribution in [0.1, 0.15) is 19.8 Å². The van der Waals surface area contributed by atoms with Crippen molar-refractivity contribution in [3.8, 4) is 0 Å². The van der Waals surface area contributed by atoms with E-state index in [1.54, 1.807) is 0 Å². The Morgan fingerprint density at radius 3 is 2.10 bits per heavy atom. The van der Waals surface area contributed by atoms with Crippen molar-refractivity contribution in [2.75, 3.05) is 5.88 Å². The maximum absolute atomic E-state index is 5.55. The highest BCUT2D eigenvalue weighted by atomic mass is 35.6. The predicted octanol–water partition coefficient (Wildman–Crippen LogP) is 4.01. The first-order chi connectivity index (χ1) is 4.45. The summed E-state index contributed by atoms with van der Waals surface area (Å²) in [7, 11) is 0. The molecule has 4 heteroatoms. The zero-order valence-corrected chi connectivity index (χ0v) is 8.73. The van der Waals surface area contributed by atoms with Gasteiger partial charge in [0.1, 0.15) is 0 Å². The Morgan fingerprint density at radius 2 is 1.80 bits per heavy atom. The highest BCUT2D eigenvalue weighted by Crippen LogP contribution is 2.34. The van der Waals surface area contributed by atoms with Crippen molar-refractivity contribution in [3.05, 3.63) is 0 Å². The van der Waals surface area contributed by atoms with Gasteiger partial charge in [-0.25, -0.2) is 0 Å². The standard InChI is InChI=1S/C6H10Cl4/c1-5(2-3-7)4-6(8,9)10/h5H,2-4H2,1H3. The van der Waals surface area contributed by atoms with Crippen molar-refractivity contribution in [2.45, 2.75) is 23.6 Å². The van der Waals surface area contributed by atoms with E-state index in [0.29, 0.717) is 18.2 Å². The second-order valence-corrected chi connectivity index (χ2v) is 5.30. The van der Waals surface area contributed by atoms with Crippen LogP contribution in [0.5, 0.6) is 0 Å². The van der Waals surface area contributed by atoms with Gasteiger partial charge in [-0.1, -0.05) is 41.7 Å². The molecule has 0 nitrogen and oxygen atoms in total. The van der Waals surface area contributed by atoms with E-state index in [1.165, 1.54) is 0 Å². The molecule has 0 aromatic rings. The molecular weight excluding hydrogens is 214 g/mol. The molecule has 0 aromatic carbocycles. The fourth-order valence-corrected chi connectivity index (χ4v) is 1.85. The second kappa shape index (κ2) is 4.92. The first-order valence-corrected chi connectivity index (χ1v) is 4.75. The minimum atomic E-state index is -1.12. The van der Waals surface area contributed by atoms with E-state index in [4.69, 9.17) is 46.4 Å².